The van der Waals surface area contributed by atoms with Crippen LogP contribution in [0.15, 0.2) is 0 Å². The van der Waals surface area contributed by atoms with Crippen molar-refractivity contribution < 1.29 is 10.3 Å². The number of hydrogen-bond acceptors (Lipinski definition) is 2. The van der Waals surface area contributed by atoms with Gasteiger partial charge in [-0.05, 0) is 0 Å². The molecular weight excluding hydrogens is 135 g/mol. The molecule has 0 aromatic carbocycles. The van der Waals surface area contributed by atoms with E-state index in [1.54, 1.807) is 0 Å². The second-order valence-electron chi connectivity index (χ2n) is 0.238. The van der Waals surface area contributed by atoms with Gasteiger partial charge >= 0.3 is 17.6 Å². The zero-order chi connectivity index (χ0) is 3.58. The Hall–Kier alpha value is -0.257. The summed E-state index contributed by atoms with van der Waals surface area (Å²) in [4.78, 5) is 8.36. The minimum absolute atomic E-state index is 0. The van der Waals surface area contributed by atoms with E-state index in [4.69, 9.17) is 15.3 Å². The van der Waals surface area contributed by atoms with Gasteiger partial charge < -0.3 is 5.21 Å². The van der Waals surface area contributed by atoms with Crippen molar-refractivity contribution in [1.82, 2.24) is 0 Å². The Bertz CT molecular complexity index is 29.9. The molecule has 0 amide bonds. The van der Waals surface area contributed by atoms with E-state index < -0.39 is 5.09 Å². The molecule has 0 fully saturated rings. The van der Waals surface area contributed by atoms with Crippen molar-refractivity contribution in [3.63, 3.8) is 0 Å². The fraction of sp³-hybridized carbons (Fsp3) is 0. The average Bonchev–Trinajstić information content (AvgIpc) is 0.811. The standard InChI is InChI=1S/GeH4.HNO3/c;2-1(3)4/h1H4;(H,2,3,4). The maximum atomic E-state index is 8.36. The van der Waals surface area contributed by atoms with Gasteiger partial charge in [-0.2, -0.15) is 0 Å². The molecule has 0 aliphatic carbocycles. The number of nitrogens with zero attached hydrogens (tertiary/aromatic N) is 1. The molecule has 5 heteroatoms. The van der Waals surface area contributed by atoms with E-state index in [0.29, 0.717) is 0 Å². The normalized spacial score (nSPS) is 4.80. The van der Waals surface area contributed by atoms with Gasteiger partial charge in [0.25, 0.3) is 5.09 Å². The summed E-state index contributed by atoms with van der Waals surface area (Å²) in [7, 11) is 0. The summed E-state index contributed by atoms with van der Waals surface area (Å²) in [5.74, 6) is 0. The van der Waals surface area contributed by atoms with Crippen LogP contribution in [0.2, 0.25) is 0 Å². The monoisotopic (exact) mass is 141 g/mol. The summed E-state index contributed by atoms with van der Waals surface area (Å²) in [6.07, 6.45) is 0. The van der Waals surface area contributed by atoms with Gasteiger partial charge in [0.05, 0.1) is 0 Å². The molecule has 0 spiro atoms. The van der Waals surface area contributed by atoms with Gasteiger partial charge in [0.2, 0.25) is 0 Å². The zero-order valence-corrected chi connectivity index (χ0v) is 1.71. The Balaban J connectivity index is 0. The van der Waals surface area contributed by atoms with Crippen LogP contribution in [0.5, 0.6) is 0 Å². The summed E-state index contributed by atoms with van der Waals surface area (Å²) in [5, 5.41) is 13.6. The van der Waals surface area contributed by atoms with Crippen molar-refractivity contribution in [3.8, 4) is 0 Å². The molecular formula is H5GeNO3. The Kier molecular flexibility index (Phi) is 6.61. The average molecular weight is 140 g/mol. The van der Waals surface area contributed by atoms with Gasteiger partial charge in [-0.25, -0.2) is 0 Å². The Labute approximate surface area is 38.9 Å². The van der Waals surface area contributed by atoms with E-state index in [1.165, 1.54) is 0 Å². The maximum absolute atomic E-state index is 8.36. The first-order valence-corrected chi connectivity index (χ1v) is 0.565. The molecule has 0 aromatic heterocycles. The second kappa shape index (κ2) is 3.74. The van der Waals surface area contributed by atoms with Gasteiger partial charge in [0, 0.05) is 0 Å². The van der Waals surface area contributed by atoms with Crippen molar-refractivity contribution >= 4 is 17.6 Å². The Morgan fingerprint density at radius 1 is 1.80 bits per heavy atom. The molecule has 0 unspecified atom stereocenters. The first kappa shape index (κ1) is 8.83. The quantitative estimate of drug-likeness (QED) is 0.245. The van der Waals surface area contributed by atoms with Gasteiger partial charge in [-0.15, -0.1) is 10.1 Å². The van der Waals surface area contributed by atoms with E-state index in [9.17, 15) is 0 Å². The van der Waals surface area contributed by atoms with E-state index in [1.807, 2.05) is 0 Å². The van der Waals surface area contributed by atoms with Crippen LogP contribution in [0.3, 0.4) is 0 Å². The molecule has 0 aromatic rings. The SMILES string of the molecule is O=[N+]([O-])O.[GeH4]. The topological polar surface area (TPSA) is 63.4 Å². The fourth-order valence-corrected chi connectivity index (χ4v) is 0. The van der Waals surface area contributed by atoms with Crippen LogP contribution < -0.4 is 0 Å². The number of hydrogen-bond donors (Lipinski definition) is 1. The van der Waals surface area contributed by atoms with Crippen LogP contribution >= 0.6 is 0 Å². The van der Waals surface area contributed by atoms with E-state index >= 15 is 0 Å². The third kappa shape index (κ3) is 172. The first-order valence-electron chi connectivity index (χ1n) is 0.565. The Morgan fingerprint density at radius 3 is 1.80 bits per heavy atom. The summed E-state index contributed by atoms with van der Waals surface area (Å²) >= 11 is 0. The third-order valence-electron chi connectivity index (χ3n) is 0. The predicted molar refractivity (Wildman–Crippen MR) is 20.1 cm³/mol. The van der Waals surface area contributed by atoms with Gasteiger partial charge in [-0.3, -0.25) is 0 Å². The van der Waals surface area contributed by atoms with Crippen LogP contribution in [-0.2, 0) is 0 Å². The molecule has 32 valence electrons. The fourth-order valence-electron chi connectivity index (χ4n) is 0. The molecule has 0 heterocycles. The van der Waals surface area contributed by atoms with Crippen LogP contribution in [0.25, 0.3) is 0 Å². The molecule has 0 aliphatic heterocycles. The zero-order valence-electron chi connectivity index (χ0n) is 1.71. The van der Waals surface area contributed by atoms with Gasteiger partial charge in [0.15, 0.2) is 0 Å². The van der Waals surface area contributed by atoms with Crippen LogP contribution in [-0.4, -0.2) is 27.9 Å². The molecule has 0 radical (unpaired) electrons. The van der Waals surface area contributed by atoms with Crippen molar-refractivity contribution in [2.24, 2.45) is 0 Å². The molecule has 4 nitrogen and oxygen atoms in total. The molecule has 1 N–H and O–H groups in total. The minimum atomic E-state index is -1.50. The van der Waals surface area contributed by atoms with E-state index in [0.717, 1.165) is 0 Å². The van der Waals surface area contributed by atoms with Crippen LogP contribution in [0.1, 0.15) is 0 Å². The van der Waals surface area contributed by atoms with Crippen molar-refractivity contribution in [1.29, 1.82) is 0 Å². The molecule has 5 heavy (non-hydrogen) atoms. The summed E-state index contributed by atoms with van der Waals surface area (Å²) in [6.45, 7) is 0. The van der Waals surface area contributed by atoms with Crippen molar-refractivity contribution in [2.45, 2.75) is 0 Å². The van der Waals surface area contributed by atoms with E-state index in [2.05, 4.69) is 0 Å². The van der Waals surface area contributed by atoms with Crippen molar-refractivity contribution in [3.05, 3.63) is 10.1 Å². The first-order chi connectivity index (χ1) is 1.73. The second-order valence-corrected chi connectivity index (χ2v) is 0.238. The van der Waals surface area contributed by atoms with Crippen LogP contribution in [0.4, 0.5) is 0 Å². The summed E-state index contributed by atoms with van der Waals surface area (Å²) in [6, 6.07) is 0. The predicted octanol–water partition coefficient (Wildman–Crippen LogP) is -1.80. The summed E-state index contributed by atoms with van der Waals surface area (Å²) < 4.78 is 0. The molecule has 0 bridgehead atoms. The van der Waals surface area contributed by atoms with E-state index in [-0.39, 0.29) is 17.6 Å². The third-order valence-corrected chi connectivity index (χ3v) is 0. The van der Waals surface area contributed by atoms with Gasteiger partial charge in [0.1, 0.15) is 0 Å². The molecule has 0 aliphatic rings. The molecule has 0 atom stereocenters. The van der Waals surface area contributed by atoms with Crippen molar-refractivity contribution in [2.75, 3.05) is 0 Å². The number of rotatable bonds is 0. The van der Waals surface area contributed by atoms with Crippen LogP contribution in [0, 0.1) is 10.1 Å². The molecule has 0 saturated heterocycles. The van der Waals surface area contributed by atoms with Gasteiger partial charge in [-0.1, -0.05) is 0 Å². The molecule has 0 saturated carbocycles. The Morgan fingerprint density at radius 2 is 1.80 bits per heavy atom. The summed E-state index contributed by atoms with van der Waals surface area (Å²) in [5.41, 5.74) is 0. The molecule has 0 rings (SSSR count).